The molecule has 1 amide bonds. The van der Waals surface area contributed by atoms with Crippen LogP contribution < -0.4 is 9.62 Å². The SMILES string of the molecule is CC[C@H](NC(=O)c1ccc(N(Cc2ccccc2)S(C)(=O)=O)cc1)c1ccc2c(c1)CCCC2. The van der Waals surface area contributed by atoms with Gasteiger partial charge in [-0.3, -0.25) is 9.10 Å². The van der Waals surface area contributed by atoms with Crippen molar-refractivity contribution >= 4 is 21.6 Å². The second kappa shape index (κ2) is 10.4. The molecule has 0 unspecified atom stereocenters. The molecule has 5 nitrogen and oxygen atoms in total. The van der Waals surface area contributed by atoms with Gasteiger partial charge in [0, 0.05) is 5.56 Å². The smallest absolute Gasteiger partial charge is 0.251 e. The molecule has 6 heteroatoms. The molecular weight excluding hydrogens is 444 g/mol. The van der Waals surface area contributed by atoms with Crippen molar-refractivity contribution in [3.8, 4) is 0 Å². The summed E-state index contributed by atoms with van der Waals surface area (Å²) in [5.41, 5.74) is 5.90. The number of hydrogen-bond donors (Lipinski definition) is 1. The molecule has 1 aliphatic rings. The molecule has 178 valence electrons. The predicted octanol–water partition coefficient (Wildman–Crippen LogP) is 5.41. The molecule has 1 atom stereocenters. The van der Waals surface area contributed by atoms with Gasteiger partial charge in [0.2, 0.25) is 10.0 Å². The number of carbonyl (C=O) groups excluding carboxylic acids is 1. The van der Waals surface area contributed by atoms with Gasteiger partial charge < -0.3 is 5.32 Å². The van der Waals surface area contributed by atoms with Crippen LogP contribution in [0.5, 0.6) is 0 Å². The highest BCUT2D eigenvalue weighted by Gasteiger charge is 2.20. The normalized spacial score (nSPS) is 14.2. The summed E-state index contributed by atoms with van der Waals surface area (Å²) >= 11 is 0. The van der Waals surface area contributed by atoms with Crippen molar-refractivity contribution in [1.82, 2.24) is 5.32 Å². The molecular formula is C28H32N2O3S. The van der Waals surface area contributed by atoms with Crippen LogP contribution >= 0.6 is 0 Å². The minimum Gasteiger partial charge on any atom is -0.345 e. The first-order valence-corrected chi connectivity index (χ1v) is 13.7. The topological polar surface area (TPSA) is 66.5 Å². The molecule has 1 N–H and O–H groups in total. The van der Waals surface area contributed by atoms with Crippen LogP contribution in [0, 0.1) is 0 Å². The van der Waals surface area contributed by atoms with Gasteiger partial charge in [-0.15, -0.1) is 0 Å². The molecule has 0 spiro atoms. The Morgan fingerprint density at radius 1 is 0.941 bits per heavy atom. The molecule has 0 heterocycles. The number of anilines is 1. The number of hydrogen-bond acceptors (Lipinski definition) is 3. The van der Waals surface area contributed by atoms with Gasteiger partial charge in [-0.25, -0.2) is 8.42 Å². The zero-order chi connectivity index (χ0) is 24.1. The van der Waals surface area contributed by atoms with E-state index in [4.69, 9.17) is 0 Å². The molecule has 3 aromatic rings. The largest absolute Gasteiger partial charge is 0.345 e. The van der Waals surface area contributed by atoms with Gasteiger partial charge in [0.15, 0.2) is 0 Å². The van der Waals surface area contributed by atoms with Crippen molar-refractivity contribution < 1.29 is 13.2 Å². The van der Waals surface area contributed by atoms with Crippen LogP contribution in [0.2, 0.25) is 0 Å². The maximum absolute atomic E-state index is 13.0. The zero-order valence-corrected chi connectivity index (χ0v) is 20.6. The summed E-state index contributed by atoms with van der Waals surface area (Å²) in [6, 6.07) is 22.7. The number of fused-ring (bicyclic) bond motifs is 1. The molecule has 0 bridgehead atoms. The highest BCUT2D eigenvalue weighted by Crippen LogP contribution is 2.27. The van der Waals surface area contributed by atoms with Crippen LogP contribution in [0.1, 0.15) is 64.8 Å². The summed E-state index contributed by atoms with van der Waals surface area (Å²) in [7, 11) is -3.48. The predicted molar refractivity (Wildman–Crippen MR) is 137 cm³/mol. The Morgan fingerprint density at radius 2 is 1.62 bits per heavy atom. The fraction of sp³-hybridized carbons (Fsp3) is 0.321. The molecule has 1 aliphatic carbocycles. The summed E-state index contributed by atoms with van der Waals surface area (Å²) in [4.78, 5) is 13.0. The van der Waals surface area contributed by atoms with E-state index in [1.807, 2.05) is 30.3 Å². The van der Waals surface area contributed by atoms with Crippen LogP contribution in [-0.2, 0) is 29.4 Å². The lowest BCUT2D eigenvalue weighted by molar-refractivity contribution is 0.0935. The number of sulfonamides is 1. The molecule has 34 heavy (non-hydrogen) atoms. The van der Waals surface area contributed by atoms with E-state index in [2.05, 4.69) is 30.4 Å². The Bertz CT molecular complexity index is 1240. The summed E-state index contributed by atoms with van der Waals surface area (Å²) in [6.07, 6.45) is 6.70. The minimum atomic E-state index is -3.48. The maximum atomic E-state index is 13.0. The number of amides is 1. The first kappa shape index (κ1) is 24.0. The van der Waals surface area contributed by atoms with E-state index in [1.165, 1.54) is 34.5 Å². The van der Waals surface area contributed by atoms with E-state index in [0.29, 0.717) is 11.3 Å². The Kier molecular flexibility index (Phi) is 7.37. The highest BCUT2D eigenvalue weighted by atomic mass is 32.2. The van der Waals surface area contributed by atoms with E-state index in [-0.39, 0.29) is 18.5 Å². The fourth-order valence-corrected chi connectivity index (χ4v) is 5.45. The number of nitrogens with one attached hydrogen (secondary N) is 1. The second-order valence-corrected chi connectivity index (χ2v) is 10.9. The quantitative estimate of drug-likeness (QED) is 0.473. The van der Waals surface area contributed by atoms with E-state index < -0.39 is 10.0 Å². The number of nitrogens with zero attached hydrogens (tertiary/aromatic N) is 1. The lowest BCUT2D eigenvalue weighted by Gasteiger charge is -2.23. The third-order valence-corrected chi connectivity index (χ3v) is 7.62. The Hall–Kier alpha value is -3.12. The van der Waals surface area contributed by atoms with Crippen molar-refractivity contribution in [2.24, 2.45) is 0 Å². The van der Waals surface area contributed by atoms with Crippen molar-refractivity contribution in [3.05, 3.63) is 101 Å². The molecule has 4 rings (SSSR count). The van der Waals surface area contributed by atoms with Gasteiger partial charge >= 0.3 is 0 Å². The Labute approximate surface area is 202 Å². The minimum absolute atomic E-state index is 0.0648. The molecule has 0 aliphatic heterocycles. The van der Waals surface area contributed by atoms with Crippen LogP contribution in [0.25, 0.3) is 0 Å². The molecule has 0 saturated carbocycles. The maximum Gasteiger partial charge on any atom is 0.251 e. The molecule has 3 aromatic carbocycles. The van der Waals surface area contributed by atoms with Crippen LogP contribution in [0.3, 0.4) is 0 Å². The van der Waals surface area contributed by atoms with Gasteiger partial charge in [0.05, 0.1) is 24.5 Å². The molecule has 0 radical (unpaired) electrons. The van der Waals surface area contributed by atoms with E-state index in [1.54, 1.807) is 24.3 Å². The van der Waals surface area contributed by atoms with Crippen LogP contribution in [-0.4, -0.2) is 20.6 Å². The van der Waals surface area contributed by atoms with Crippen LogP contribution in [0.4, 0.5) is 5.69 Å². The summed E-state index contributed by atoms with van der Waals surface area (Å²) in [5.74, 6) is -0.162. The van der Waals surface area contributed by atoms with E-state index in [9.17, 15) is 13.2 Å². The number of aryl methyl sites for hydroxylation is 2. The Balaban J connectivity index is 1.49. The summed E-state index contributed by atoms with van der Waals surface area (Å²) in [5, 5.41) is 3.15. The van der Waals surface area contributed by atoms with Gasteiger partial charge in [-0.1, -0.05) is 55.5 Å². The lowest BCUT2D eigenvalue weighted by atomic mass is 9.88. The van der Waals surface area contributed by atoms with Gasteiger partial charge in [-0.05, 0) is 78.6 Å². The van der Waals surface area contributed by atoms with Gasteiger partial charge in [0.1, 0.15) is 0 Å². The van der Waals surface area contributed by atoms with Crippen molar-refractivity contribution in [3.63, 3.8) is 0 Å². The lowest BCUT2D eigenvalue weighted by Crippen LogP contribution is -2.30. The zero-order valence-electron chi connectivity index (χ0n) is 19.8. The van der Waals surface area contributed by atoms with Crippen LogP contribution in [0.15, 0.2) is 72.8 Å². The summed E-state index contributed by atoms with van der Waals surface area (Å²) < 4.78 is 26.2. The second-order valence-electron chi connectivity index (χ2n) is 8.97. The first-order valence-electron chi connectivity index (χ1n) is 11.9. The molecule has 0 fully saturated rings. The average Bonchev–Trinajstić information content (AvgIpc) is 2.85. The molecule has 0 aromatic heterocycles. The number of benzene rings is 3. The van der Waals surface area contributed by atoms with Gasteiger partial charge in [0.25, 0.3) is 5.91 Å². The van der Waals surface area contributed by atoms with E-state index >= 15 is 0 Å². The third-order valence-electron chi connectivity index (χ3n) is 6.48. The first-order chi connectivity index (χ1) is 16.3. The monoisotopic (exact) mass is 476 g/mol. The fourth-order valence-electron chi connectivity index (χ4n) is 4.56. The Morgan fingerprint density at radius 3 is 2.26 bits per heavy atom. The number of rotatable bonds is 8. The van der Waals surface area contributed by atoms with Crippen molar-refractivity contribution in [2.45, 2.75) is 51.6 Å². The molecule has 0 saturated heterocycles. The van der Waals surface area contributed by atoms with Crippen molar-refractivity contribution in [1.29, 1.82) is 0 Å². The average molecular weight is 477 g/mol. The summed E-state index contributed by atoms with van der Waals surface area (Å²) in [6.45, 7) is 2.31. The van der Waals surface area contributed by atoms with Crippen molar-refractivity contribution in [2.75, 3.05) is 10.6 Å². The van der Waals surface area contributed by atoms with Gasteiger partial charge in [-0.2, -0.15) is 0 Å². The van der Waals surface area contributed by atoms with E-state index in [0.717, 1.165) is 30.4 Å². The standard InChI is InChI=1S/C28H32N2O3S/c1-3-27(25-14-13-22-11-7-8-12-24(22)19-25)29-28(31)23-15-17-26(18-16-23)30(34(2,32)33)20-21-9-5-4-6-10-21/h4-6,9-10,13-19,27H,3,7-8,11-12,20H2,1-2H3,(H,29,31)/t27-/m0/s1. The number of carbonyl (C=O) groups is 1. The third kappa shape index (κ3) is 5.68. The highest BCUT2D eigenvalue weighted by molar-refractivity contribution is 7.92.